The molecule has 0 saturated carbocycles. The van der Waals surface area contributed by atoms with E-state index in [1.807, 2.05) is 0 Å². The number of carbonyl (C=O) groups excluding carboxylic acids is 1. The summed E-state index contributed by atoms with van der Waals surface area (Å²) < 4.78 is 37.3. The molecule has 0 aromatic heterocycles. The fraction of sp³-hybridized carbons (Fsp3) is 0.250. The summed E-state index contributed by atoms with van der Waals surface area (Å²) >= 11 is 0. The molecule has 0 spiro atoms. The topological polar surface area (TPSA) is 54.0 Å². The molecule has 0 radical (unpaired) electrons. The molecule has 0 atom stereocenters. The molecule has 8 heteroatoms. The highest BCUT2D eigenvalue weighted by Crippen LogP contribution is 2.19. The monoisotopic (exact) mass is 188 g/mol. The third kappa shape index (κ3) is 2.49. The quantitative estimate of drug-likeness (QED) is 0.366. The Morgan fingerprint density at radius 2 is 1.67 bits per heavy atom. The highest BCUT2D eigenvalue weighted by atomic mass is 19.3. The fourth-order valence-electron chi connectivity index (χ4n) is 0.248. The maximum absolute atomic E-state index is 11.3. The van der Waals surface area contributed by atoms with Gasteiger partial charge in [0, 0.05) is 6.08 Å². The van der Waals surface area contributed by atoms with Crippen molar-refractivity contribution in [2.75, 3.05) is 0 Å². The molecular formula is C4H3F3O5. The smallest absolute Gasteiger partial charge is 0.375 e. The van der Waals surface area contributed by atoms with Crippen LogP contribution in [0.5, 0.6) is 0 Å². The van der Waals surface area contributed by atoms with E-state index in [1.54, 1.807) is 0 Å². The molecule has 5 nitrogen and oxygen atoms in total. The van der Waals surface area contributed by atoms with Crippen molar-refractivity contribution in [1.82, 2.24) is 0 Å². The van der Waals surface area contributed by atoms with Gasteiger partial charge in [-0.25, -0.2) is 4.79 Å². The molecule has 0 bridgehead atoms. The molecule has 70 valence electrons. The van der Waals surface area contributed by atoms with E-state index in [2.05, 4.69) is 26.1 Å². The van der Waals surface area contributed by atoms with E-state index < -0.39 is 12.1 Å². The minimum atomic E-state index is -3.77. The Kier molecular flexibility index (Phi) is 4.26. The van der Waals surface area contributed by atoms with E-state index in [4.69, 9.17) is 0 Å². The number of rotatable bonds is 5. The van der Waals surface area contributed by atoms with Gasteiger partial charge in [-0.05, 0) is 13.6 Å². The number of halogens is 3. The molecule has 0 fully saturated rings. The van der Waals surface area contributed by atoms with Crippen molar-refractivity contribution < 1.29 is 37.9 Å². The molecule has 0 unspecified atom stereocenters. The van der Waals surface area contributed by atoms with E-state index >= 15 is 0 Å². The van der Waals surface area contributed by atoms with Gasteiger partial charge in [0.05, 0.1) is 0 Å². The van der Waals surface area contributed by atoms with Crippen LogP contribution in [0.15, 0.2) is 12.7 Å². The first-order chi connectivity index (χ1) is 5.64. The summed E-state index contributed by atoms with van der Waals surface area (Å²) in [6.45, 7) is 2.84. The summed E-state index contributed by atoms with van der Waals surface area (Å²) in [5.74, 6) is -1.41. The summed E-state index contributed by atoms with van der Waals surface area (Å²) in [5.41, 5.74) is 0. The lowest BCUT2D eigenvalue weighted by Crippen LogP contribution is -2.37. The second-order valence-corrected chi connectivity index (χ2v) is 1.36. The molecule has 0 aromatic carbocycles. The zero-order valence-electron chi connectivity index (χ0n) is 5.46. The summed E-state index contributed by atoms with van der Waals surface area (Å²) in [5, 5.41) is 0. The van der Waals surface area contributed by atoms with E-state index in [9.17, 15) is 18.4 Å². The molecule has 0 rings (SSSR count). The Hall–Kier alpha value is -1.12. The van der Waals surface area contributed by atoms with Crippen LogP contribution in [0.1, 0.15) is 0 Å². The third-order valence-corrected chi connectivity index (χ3v) is 0.676. The molecule has 0 amide bonds. The van der Waals surface area contributed by atoms with Crippen LogP contribution in [-0.2, 0) is 24.4 Å². The number of hydrogen-bond donors (Lipinski definition) is 0. The SMILES string of the molecule is C=CC(=O)OC(OF)(OF)OF. The molecule has 0 N–H and O–H groups in total. The van der Waals surface area contributed by atoms with E-state index in [0.29, 0.717) is 6.08 Å². The minimum absolute atomic E-state index is 0.478. The lowest BCUT2D eigenvalue weighted by Gasteiger charge is -2.15. The Morgan fingerprint density at radius 3 is 1.92 bits per heavy atom. The Balaban J connectivity index is 4.29. The Morgan fingerprint density at radius 1 is 1.25 bits per heavy atom. The summed E-state index contributed by atoms with van der Waals surface area (Å²) in [4.78, 5) is 17.5. The van der Waals surface area contributed by atoms with Gasteiger partial charge >= 0.3 is 12.1 Å². The highest BCUT2D eigenvalue weighted by Gasteiger charge is 2.44. The average Bonchev–Trinajstić information content (AvgIpc) is 2.14. The fourth-order valence-corrected chi connectivity index (χ4v) is 0.248. The van der Waals surface area contributed by atoms with Crippen LogP contribution in [0, 0.1) is 0 Å². The predicted molar refractivity (Wildman–Crippen MR) is 25.6 cm³/mol. The first-order valence-corrected chi connectivity index (χ1v) is 2.38. The van der Waals surface area contributed by atoms with Gasteiger partial charge < -0.3 is 4.74 Å². The van der Waals surface area contributed by atoms with Crippen LogP contribution in [0.4, 0.5) is 13.6 Å². The van der Waals surface area contributed by atoms with Gasteiger partial charge in [-0.1, -0.05) is 21.4 Å². The van der Waals surface area contributed by atoms with Crippen LogP contribution < -0.4 is 0 Å². The van der Waals surface area contributed by atoms with Crippen molar-refractivity contribution in [3.05, 3.63) is 12.7 Å². The van der Waals surface area contributed by atoms with Crippen LogP contribution in [0.3, 0.4) is 0 Å². The normalized spacial score (nSPS) is 10.9. The Bertz CT molecular complexity index is 160. The molecule has 0 aliphatic heterocycles. The molecule has 0 aliphatic carbocycles. The molecule has 0 aliphatic rings. The molecular weight excluding hydrogens is 185 g/mol. The molecule has 12 heavy (non-hydrogen) atoms. The minimum Gasteiger partial charge on any atom is -0.375 e. The lowest BCUT2D eigenvalue weighted by molar-refractivity contribution is -0.616. The van der Waals surface area contributed by atoms with Crippen LogP contribution >= 0.6 is 0 Å². The van der Waals surface area contributed by atoms with Crippen LogP contribution in [0.2, 0.25) is 0 Å². The third-order valence-electron chi connectivity index (χ3n) is 0.676. The van der Waals surface area contributed by atoms with Crippen molar-refractivity contribution >= 4 is 5.97 Å². The Labute approximate surface area is 64.0 Å². The van der Waals surface area contributed by atoms with Gasteiger partial charge in [-0.2, -0.15) is 0 Å². The predicted octanol–water partition coefficient (Wildman–Crippen LogP) is 1.03. The van der Waals surface area contributed by atoms with E-state index in [1.165, 1.54) is 0 Å². The van der Waals surface area contributed by atoms with Crippen LogP contribution in [-0.4, -0.2) is 12.1 Å². The van der Waals surface area contributed by atoms with Gasteiger partial charge in [0.2, 0.25) is 0 Å². The molecule has 0 heterocycles. The summed E-state index contributed by atoms with van der Waals surface area (Å²) in [6.07, 6.45) is -3.29. The molecule has 0 aromatic rings. The summed E-state index contributed by atoms with van der Waals surface area (Å²) in [6, 6.07) is 0. The zero-order valence-corrected chi connectivity index (χ0v) is 5.46. The standard InChI is InChI=1S/C4H3F3O5/c1-2-3(8)9-4(10-5,11-6)12-7/h2H,1H2. The van der Waals surface area contributed by atoms with Gasteiger partial charge in [0.25, 0.3) is 0 Å². The lowest BCUT2D eigenvalue weighted by atomic mass is 10.7. The highest BCUT2D eigenvalue weighted by molar-refractivity contribution is 5.81. The number of ether oxygens (including phenoxy) is 1. The van der Waals surface area contributed by atoms with E-state index in [0.717, 1.165) is 0 Å². The van der Waals surface area contributed by atoms with Crippen molar-refractivity contribution in [2.45, 2.75) is 6.16 Å². The second kappa shape index (κ2) is 4.70. The van der Waals surface area contributed by atoms with Gasteiger partial charge in [-0.15, -0.1) is 0 Å². The number of hydrogen-bond acceptors (Lipinski definition) is 5. The number of carbonyl (C=O) groups is 1. The van der Waals surface area contributed by atoms with Gasteiger partial charge in [0.15, 0.2) is 0 Å². The molecule has 0 saturated heterocycles. The van der Waals surface area contributed by atoms with Gasteiger partial charge in [0.1, 0.15) is 0 Å². The maximum atomic E-state index is 11.3. The number of esters is 1. The largest absolute Gasteiger partial charge is 0.555 e. The zero-order chi connectivity index (χ0) is 9.61. The van der Waals surface area contributed by atoms with Crippen LogP contribution in [0.25, 0.3) is 0 Å². The average molecular weight is 188 g/mol. The second-order valence-electron chi connectivity index (χ2n) is 1.36. The first kappa shape index (κ1) is 10.9. The van der Waals surface area contributed by atoms with Crippen molar-refractivity contribution in [1.29, 1.82) is 0 Å². The summed E-state index contributed by atoms with van der Waals surface area (Å²) in [7, 11) is 0. The van der Waals surface area contributed by atoms with E-state index in [-0.39, 0.29) is 0 Å². The van der Waals surface area contributed by atoms with Crippen molar-refractivity contribution in [3.63, 3.8) is 0 Å². The van der Waals surface area contributed by atoms with Crippen molar-refractivity contribution in [3.8, 4) is 0 Å². The first-order valence-electron chi connectivity index (χ1n) is 2.38. The maximum Gasteiger partial charge on any atom is 0.555 e. The van der Waals surface area contributed by atoms with Gasteiger partial charge in [-0.3, -0.25) is 0 Å². The van der Waals surface area contributed by atoms with Crippen molar-refractivity contribution in [2.24, 2.45) is 0 Å².